The van der Waals surface area contributed by atoms with Crippen molar-refractivity contribution < 1.29 is 17.9 Å². The van der Waals surface area contributed by atoms with Crippen molar-refractivity contribution in [3.05, 3.63) is 108 Å². The maximum atomic E-state index is 13.4. The van der Waals surface area contributed by atoms with Crippen LogP contribution < -0.4 is 14.8 Å². The summed E-state index contributed by atoms with van der Waals surface area (Å²) in [6.45, 7) is 0.406. The summed E-state index contributed by atoms with van der Waals surface area (Å²) < 4.78 is 35.2. The Balaban J connectivity index is 1.37. The lowest BCUT2D eigenvalue weighted by Gasteiger charge is -2.27. The number of fused-ring (bicyclic) bond motifs is 2. The van der Waals surface area contributed by atoms with E-state index in [-0.39, 0.29) is 23.3 Å². The SMILES string of the molecule is N#Cc1ccc2c(c1)OCCC2NC(=O)C[C@@H](NS(=O)(=O)c1ccc2ccccc2c1)c1ccccc1. The van der Waals surface area contributed by atoms with E-state index in [0.29, 0.717) is 29.9 Å². The van der Waals surface area contributed by atoms with E-state index >= 15 is 0 Å². The normalized spacial score (nSPS) is 15.7. The molecule has 0 saturated heterocycles. The van der Waals surface area contributed by atoms with Crippen molar-refractivity contribution in [1.29, 1.82) is 5.26 Å². The Morgan fingerprint density at radius 3 is 2.51 bits per heavy atom. The molecule has 2 atom stereocenters. The zero-order chi connectivity index (χ0) is 25.8. The monoisotopic (exact) mass is 511 g/mol. The van der Waals surface area contributed by atoms with Crippen molar-refractivity contribution in [2.45, 2.75) is 29.8 Å². The summed E-state index contributed by atoms with van der Waals surface area (Å²) in [5.41, 5.74) is 1.97. The molecule has 0 aromatic heterocycles. The van der Waals surface area contributed by atoms with Crippen LogP contribution in [0, 0.1) is 11.3 Å². The van der Waals surface area contributed by atoms with Crippen molar-refractivity contribution in [2.75, 3.05) is 6.61 Å². The second-order valence-electron chi connectivity index (χ2n) is 8.92. The summed E-state index contributed by atoms with van der Waals surface area (Å²) in [7, 11) is -3.91. The van der Waals surface area contributed by atoms with Crippen LogP contribution in [-0.2, 0) is 14.8 Å². The molecule has 1 heterocycles. The van der Waals surface area contributed by atoms with Crippen LogP contribution >= 0.6 is 0 Å². The van der Waals surface area contributed by atoms with Crippen LogP contribution in [0.1, 0.15) is 41.6 Å². The molecular formula is C29H25N3O4S. The second kappa shape index (κ2) is 10.4. The number of ether oxygens (including phenoxy) is 1. The van der Waals surface area contributed by atoms with E-state index in [9.17, 15) is 13.2 Å². The zero-order valence-electron chi connectivity index (χ0n) is 19.9. The lowest BCUT2D eigenvalue weighted by atomic mass is 9.98. The number of rotatable bonds is 7. The number of sulfonamides is 1. The predicted octanol–water partition coefficient (Wildman–Crippen LogP) is 4.76. The Kier molecular flexibility index (Phi) is 6.91. The van der Waals surface area contributed by atoms with Crippen LogP contribution in [0.3, 0.4) is 0 Å². The van der Waals surface area contributed by atoms with Gasteiger partial charge in [0.1, 0.15) is 5.75 Å². The highest BCUT2D eigenvalue weighted by Crippen LogP contribution is 2.33. The molecule has 0 fully saturated rings. The van der Waals surface area contributed by atoms with Gasteiger partial charge < -0.3 is 10.1 Å². The lowest BCUT2D eigenvalue weighted by Crippen LogP contribution is -2.36. The highest BCUT2D eigenvalue weighted by molar-refractivity contribution is 7.89. The van der Waals surface area contributed by atoms with Gasteiger partial charge in [0.25, 0.3) is 0 Å². The van der Waals surface area contributed by atoms with Crippen molar-refractivity contribution >= 4 is 26.7 Å². The molecule has 4 aromatic carbocycles. The molecule has 1 aliphatic rings. The maximum absolute atomic E-state index is 13.4. The van der Waals surface area contributed by atoms with Crippen LogP contribution in [0.25, 0.3) is 10.8 Å². The number of hydrogen-bond donors (Lipinski definition) is 2. The third-order valence-electron chi connectivity index (χ3n) is 6.44. The Morgan fingerprint density at radius 1 is 0.973 bits per heavy atom. The van der Waals surface area contributed by atoms with Gasteiger partial charge in [-0.1, -0.05) is 66.7 Å². The molecule has 1 aliphatic heterocycles. The van der Waals surface area contributed by atoms with Gasteiger partial charge in [-0.15, -0.1) is 0 Å². The Morgan fingerprint density at radius 2 is 1.73 bits per heavy atom. The Bertz CT molecular complexity index is 1600. The van der Waals surface area contributed by atoms with Gasteiger partial charge in [-0.25, -0.2) is 13.1 Å². The van der Waals surface area contributed by atoms with Gasteiger partial charge in [-0.3, -0.25) is 4.79 Å². The largest absolute Gasteiger partial charge is 0.493 e. The van der Waals surface area contributed by atoms with Crippen LogP contribution in [-0.4, -0.2) is 20.9 Å². The number of carbonyl (C=O) groups excluding carboxylic acids is 1. The van der Waals surface area contributed by atoms with Gasteiger partial charge in [-0.2, -0.15) is 5.26 Å². The van der Waals surface area contributed by atoms with Gasteiger partial charge in [0.05, 0.1) is 35.2 Å². The summed E-state index contributed by atoms with van der Waals surface area (Å²) >= 11 is 0. The molecule has 7 nitrogen and oxygen atoms in total. The summed E-state index contributed by atoms with van der Waals surface area (Å²) in [5.74, 6) is 0.282. The number of nitrogens with zero attached hydrogens (tertiary/aromatic N) is 1. The van der Waals surface area contributed by atoms with E-state index in [4.69, 9.17) is 10.00 Å². The van der Waals surface area contributed by atoms with Gasteiger partial charge in [0, 0.05) is 18.4 Å². The molecule has 4 aromatic rings. The smallest absolute Gasteiger partial charge is 0.241 e. The van der Waals surface area contributed by atoms with E-state index in [0.717, 1.165) is 16.3 Å². The average Bonchev–Trinajstić information content (AvgIpc) is 2.92. The van der Waals surface area contributed by atoms with Gasteiger partial charge in [0.15, 0.2) is 0 Å². The quantitative estimate of drug-likeness (QED) is 0.372. The number of amides is 1. The van der Waals surface area contributed by atoms with Crippen molar-refractivity contribution in [3.63, 3.8) is 0 Å². The fourth-order valence-corrected chi connectivity index (χ4v) is 5.81. The first-order valence-electron chi connectivity index (χ1n) is 12.0. The highest BCUT2D eigenvalue weighted by atomic mass is 32.2. The van der Waals surface area contributed by atoms with Crippen molar-refractivity contribution in [3.8, 4) is 11.8 Å². The third kappa shape index (κ3) is 5.48. The van der Waals surface area contributed by atoms with E-state index in [1.807, 2.05) is 42.5 Å². The number of benzene rings is 4. The first-order chi connectivity index (χ1) is 17.9. The van der Waals surface area contributed by atoms with Crippen molar-refractivity contribution in [2.24, 2.45) is 0 Å². The summed E-state index contributed by atoms with van der Waals surface area (Å²) in [5, 5.41) is 13.9. The predicted molar refractivity (Wildman–Crippen MR) is 140 cm³/mol. The van der Waals surface area contributed by atoms with Crippen LogP contribution in [0.5, 0.6) is 5.75 Å². The second-order valence-corrected chi connectivity index (χ2v) is 10.6. The molecule has 1 amide bonds. The standard InChI is InChI=1S/C29H25N3O4S/c30-19-20-10-13-25-26(14-15-36-28(25)16-20)31-29(33)18-27(22-7-2-1-3-8-22)32-37(34,35)24-12-11-21-6-4-5-9-23(21)17-24/h1-13,16-17,26-27,32H,14-15,18H2,(H,31,33)/t26?,27-/m1/s1. The highest BCUT2D eigenvalue weighted by Gasteiger charge is 2.27. The van der Waals surface area contributed by atoms with Gasteiger partial charge >= 0.3 is 0 Å². The minimum absolute atomic E-state index is 0.0835. The first kappa shape index (κ1) is 24.5. The third-order valence-corrected chi connectivity index (χ3v) is 7.91. The molecule has 0 radical (unpaired) electrons. The van der Waals surface area contributed by atoms with Crippen LogP contribution in [0.15, 0.2) is 95.9 Å². The zero-order valence-corrected chi connectivity index (χ0v) is 20.7. The van der Waals surface area contributed by atoms with Crippen LogP contribution in [0.2, 0.25) is 0 Å². The minimum atomic E-state index is -3.91. The fourth-order valence-electron chi connectivity index (χ4n) is 4.55. The van der Waals surface area contributed by atoms with Gasteiger partial charge in [-0.05, 0) is 40.6 Å². The van der Waals surface area contributed by atoms with E-state index < -0.39 is 16.1 Å². The Hall–Kier alpha value is -4.19. The molecule has 2 N–H and O–H groups in total. The molecule has 0 aliphatic carbocycles. The lowest BCUT2D eigenvalue weighted by molar-refractivity contribution is -0.122. The van der Waals surface area contributed by atoms with Crippen LogP contribution in [0.4, 0.5) is 0 Å². The van der Waals surface area contributed by atoms with E-state index in [1.165, 1.54) is 0 Å². The number of hydrogen-bond acceptors (Lipinski definition) is 5. The number of carbonyl (C=O) groups is 1. The van der Waals surface area contributed by atoms with E-state index in [2.05, 4.69) is 16.1 Å². The summed E-state index contributed by atoms with van der Waals surface area (Å²) in [6.07, 6.45) is 0.489. The number of nitriles is 1. The van der Waals surface area contributed by atoms with Gasteiger partial charge in [0.2, 0.25) is 15.9 Å². The minimum Gasteiger partial charge on any atom is -0.493 e. The Labute approximate surface area is 215 Å². The molecule has 5 rings (SSSR count). The summed E-state index contributed by atoms with van der Waals surface area (Å²) in [4.78, 5) is 13.3. The fraction of sp³-hybridized carbons (Fsp3) is 0.172. The molecule has 0 spiro atoms. The maximum Gasteiger partial charge on any atom is 0.241 e. The molecular weight excluding hydrogens is 486 g/mol. The van der Waals surface area contributed by atoms with E-state index in [1.54, 1.807) is 48.5 Å². The molecule has 0 bridgehead atoms. The molecule has 186 valence electrons. The molecule has 37 heavy (non-hydrogen) atoms. The first-order valence-corrected chi connectivity index (χ1v) is 13.4. The average molecular weight is 512 g/mol. The van der Waals surface area contributed by atoms with Crippen molar-refractivity contribution in [1.82, 2.24) is 10.0 Å². The summed E-state index contributed by atoms with van der Waals surface area (Å²) in [6, 6.07) is 27.8. The molecule has 0 saturated carbocycles. The molecule has 8 heteroatoms. The number of nitrogens with one attached hydrogen (secondary N) is 2. The topological polar surface area (TPSA) is 108 Å². The molecule has 1 unspecified atom stereocenters.